The molecule has 0 aromatic carbocycles. The minimum Gasteiger partial charge on any atom is -1.00 e. The Morgan fingerprint density at radius 1 is 1.55 bits per heavy atom. The number of thiophene rings is 1. The van der Waals surface area contributed by atoms with Crippen molar-refractivity contribution in [2.45, 2.75) is 4.21 Å². The van der Waals surface area contributed by atoms with Crippen LogP contribution in [-0.2, 0) is 10.1 Å². The van der Waals surface area contributed by atoms with Gasteiger partial charge in [-0.15, -0.1) is 11.3 Å². The van der Waals surface area contributed by atoms with Crippen LogP contribution in [0.5, 0.6) is 0 Å². The van der Waals surface area contributed by atoms with Gasteiger partial charge in [0.05, 0.1) is 3.79 Å². The normalized spacial score (nSPS) is 10.7. The molecule has 3 nitrogen and oxygen atoms in total. The molecule has 0 fully saturated rings. The third kappa shape index (κ3) is 3.92. The van der Waals surface area contributed by atoms with Crippen LogP contribution in [0.4, 0.5) is 0 Å². The van der Waals surface area contributed by atoms with Crippen LogP contribution >= 0.6 is 27.3 Å². The van der Waals surface area contributed by atoms with Crippen molar-refractivity contribution in [1.29, 1.82) is 0 Å². The molecule has 1 N–H and O–H groups in total. The maximum Gasteiger partial charge on any atom is 2.00 e. The maximum absolute atomic E-state index is 10.4. The van der Waals surface area contributed by atoms with Crippen LogP contribution in [0, 0.1) is 0 Å². The second-order valence-electron chi connectivity index (χ2n) is 1.53. The summed E-state index contributed by atoms with van der Waals surface area (Å²) in [5, 5.41) is 0. The Morgan fingerprint density at radius 2 is 2.09 bits per heavy atom. The average molecular weight is 382 g/mol. The van der Waals surface area contributed by atoms with Gasteiger partial charge in [0.1, 0.15) is 4.21 Å². The predicted octanol–water partition coefficient (Wildman–Crippen LogP) is 1.60. The Labute approximate surface area is 120 Å². The molecule has 0 aliphatic rings. The molecule has 0 spiro atoms. The van der Waals surface area contributed by atoms with Gasteiger partial charge in [0, 0.05) is 0 Å². The average Bonchev–Trinajstić information content (AvgIpc) is 2.11. The van der Waals surface area contributed by atoms with Crippen molar-refractivity contribution in [2.24, 2.45) is 0 Å². The largest absolute Gasteiger partial charge is 2.00 e. The summed E-state index contributed by atoms with van der Waals surface area (Å²) in [6, 6.07) is 2.90. The summed E-state index contributed by atoms with van der Waals surface area (Å²) in [5.41, 5.74) is 0. The van der Waals surface area contributed by atoms with Crippen LogP contribution in [0.2, 0.25) is 0 Å². The van der Waals surface area contributed by atoms with E-state index < -0.39 is 10.1 Å². The van der Waals surface area contributed by atoms with E-state index in [1.807, 2.05) is 0 Å². The minimum atomic E-state index is -3.99. The fourth-order valence-electron chi connectivity index (χ4n) is 0.436. The summed E-state index contributed by atoms with van der Waals surface area (Å²) in [6.07, 6.45) is 0. The van der Waals surface area contributed by atoms with Crippen molar-refractivity contribution in [3.05, 3.63) is 15.9 Å². The molecule has 1 aromatic rings. The quantitative estimate of drug-likeness (QED) is 0.593. The standard InChI is InChI=1S/C4H3BrO3S2.Ba.2H/c5-3-1-2-4(9-3)10(6,7)8;;;/h1-2H,(H,6,7,8);;;/q;+2;2*-1. The molecule has 7 heteroatoms. The summed E-state index contributed by atoms with van der Waals surface area (Å²) < 4.78 is 29.9. The van der Waals surface area contributed by atoms with E-state index in [0.717, 1.165) is 11.3 Å². The number of hydrogen-bond acceptors (Lipinski definition) is 3. The second-order valence-corrected chi connectivity index (χ2v) is 5.65. The van der Waals surface area contributed by atoms with Crippen molar-refractivity contribution in [3.63, 3.8) is 0 Å². The molecule has 0 saturated carbocycles. The van der Waals surface area contributed by atoms with Gasteiger partial charge >= 0.3 is 59.0 Å². The Hall–Kier alpha value is 1.66. The molecule has 0 bridgehead atoms. The van der Waals surface area contributed by atoms with E-state index in [1.165, 1.54) is 6.07 Å². The fraction of sp³-hybridized carbons (Fsp3) is 0. The van der Waals surface area contributed by atoms with Crippen molar-refractivity contribution in [1.82, 2.24) is 0 Å². The summed E-state index contributed by atoms with van der Waals surface area (Å²) in [4.78, 5) is 0. The zero-order chi connectivity index (χ0) is 7.78. The summed E-state index contributed by atoms with van der Waals surface area (Å²) >= 11 is 4.04. The summed E-state index contributed by atoms with van der Waals surface area (Å²) in [6.45, 7) is 0. The first-order valence-electron chi connectivity index (χ1n) is 2.23. The van der Waals surface area contributed by atoms with E-state index in [1.54, 1.807) is 6.07 Å². The SMILES string of the molecule is O=S(=O)(O)c1ccc(Br)s1.[Ba+2].[H-].[H-]. The van der Waals surface area contributed by atoms with Crippen LogP contribution in [0.3, 0.4) is 0 Å². The topological polar surface area (TPSA) is 54.4 Å². The zero-order valence-corrected chi connectivity index (χ0v) is 13.0. The van der Waals surface area contributed by atoms with Gasteiger partial charge < -0.3 is 2.85 Å². The van der Waals surface area contributed by atoms with E-state index in [0.29, 0.717) is 3.79 Å². The first-order chi connectivity index (χ1) is 4.50. The van der Waals surface area contributed by atoms with E-state index >= 15 is 0 Å². The van der Waals surface area contributed by atoms with Crippen LogP contribution < -0.4 is 0 Å². The summed E-state index contributed by atoms with van der Waals surface area (Å²) in [7, 11) is -3.99. The smallest absolute Gasteiger partial charge is 1.00 e. The molecule has 0 amide bonds. The van der Waals surface area contributed by atoms with Gasteiger partial charge in [0.15, 0.2) is 0 Å². The molecule has 60 valence electrons. The Balaban J connectivity index is -0.000000333. The van der Waals surface area contributed by atoms with Gasteiger partial charge in [-0.1, -0.05) is 0 Å². The number of halogens is 1. The Kier molecular flexibility index (Phi) is 5.50. The van der Waals surface area contributed by atoms with Crippen molar-refractivity contribution in [3.8, 4) is 0 Å². The van der Waals surface area contributed by atoms with Crippen molar-refractivity contribution >= 4 is 86.3 Å². The molecular formula is C4H5BaBrO3S2. The molecule has 0 unspecified atom stereocenters. The van der Waals surface area contributed by atoms with E-state index in [-0.39, 0.29) is 55.9 Å². The van der Waals surface area contributed by atoms with Gasteiger partial charge in [0.2, 0.25) is 0 Å². The monoisotopic (exact) mass is 382 g/mol. The summed E-state index contributed by atoms with van der Waals surface area (Å²) in [5.74, 6) is 0. The predicted molar refractivity (Wildman–Crippen MR) is 49.8 cm³/mol. The van der Waals surface area contributed by atoms with Crippen LogP contribution in [-0.4, -0.2) is 61.9 Å². The second kappa shape index (κ2) is 4.77. The van der Waals surface area contributed by atoms with Gasteiger partial charge in [0.25, 0.3) is 0 Å². The molecule has 0 radical (unpaired) electrons. The molecule has 1 heterocycles. The molecule has 0 aliphatic heterocycles. The molecule has 0 atom stereocenters. The van der Waals surface area contributed by atoms with Crippen LogP contribution in [0.1, 0.15) is 2.85 Å². The number of rotatable bonds is 1. The Bertz CT molecular complexity index is 339. The van der Waals surface area contributed by atoms with E-state index in [9.17, 15) is 8.42 Å². The molecule has 1 aromatic heterocycles. The minimum absolute atomic E-state index is 0. The molecule has 11 heavy (non-hydrogen) atoms. The third-order valence-electron chi connectivity index (χ3n) is 0.803. The van der Waals surface area contributed by atoms with E-state index in [4.69, 9.17) is 4.55 Å². The molecule has 0 aliphatic carbocycles. The van der Waals surface area contributed by atoms with Gasteiger partial charge in [-0.2, -0.15) is 8.42 Å². The number of hydrogen-bond donors (Lipinski definition) is 1. The molecule has 0 saturated heterocycles. The zero-order valence-electron chi connectivity index (χ0n) is 7.32. The fourth-order valence-corrected chi connectivity index (χ4v) is 2.81. The van der Waals surface area contributed by atoms with E-state index in [2.05, 4.69) is 15.9 Å². The molecule has 1 rings (SSSR count). The Morgan fingerprint density at radius 3 is 2.27 bits per heavy atom. The van der Waals surface area contributed by atoms with Crippen LogP contribution in [0.15, 0.2) is 20.1 Å². The van der Waals surface area contributed by atoms with Gasteiger partial charge in [-0.3, -0.25) is 4.55 Å². The maximum atomic E-state index is 10.4. The first-order valence-corrected chi connectivity index (χ1v) is 5.28. The first kappa shape index (κ1) is 12.7. The van der Waals surface area contributed by atoms with Crippen molar-refractivity contribution in [2.75, 3.05) is 0 Å². The van der Waals surface area contributed by atoms with Crippen molar-refractivity contribution < 1.29 is 15.8 Å². The third-order valence-corrected chi connectivity index (χ3v) is 3.75. The van der Waals surface area contributed by atoms with Crippen LogP contribution in [0.25, 0.3) is 0 Å². The van der Waals surface area contributed by atoms with Gasteiger partial charge in [-0.25, -0.2) is 0 Å². The molecular weight excluding hydrogens is 377 g/mol. The van der Waals surface area contributed by atoms with Gasteiger partial charge in [-0.05, 0) is 28.1 Å².